The van der Waals surface area contributed by atoms with E-state index in [1.54, 1.807) is 29.2 Å². The van der Waals surface area contributed by atoms with E-state index >= 15 is 0 Å². The molecule has 0 unspecified atom stereocenters. The minimum Gasteiger partial charge on any atom is -0.322 e. The molecule has 1 aromatic heterocycles. The summed E-state index contributed by atoms with van der Waals surface area (Å²) >= 11 is 9.67. The molecular weight excluding hydrogens is 372 g/mol. The van der Waals surface area contributed by atoms with Gasteiger partial charge in [0.2, 0.25) is 0 Å². The van der Waals surface area contributed by atoms with Gasteiger partial charge in [0.15, 0.2) is 0 Å². The van der Waals surface area contributed by atoms with Crippen LogP contribution in [0.25, 0.3) is 11.3 Å². The van der Waals surface area contributed by atoms with Crippen LogP contribution < -0.4 is 5.32 Å². The second-order valence-electron chi connectivity index (χ2n) is 5.36. The minimum absolute atomic E-state index is 0.154. The number of hydrogen-bond acceptors (Lipinski definition) is 4. The van der Waals surface area contributed by atoms with E-state index < -0.39 is 0 Å². The van der Waals surface area contributed by atoms with Crippen LogP contribution in [0.4, 0.5) is 5.69 Å². The zero-order chi connectivity index (χ0) is 17.8. The summed E-state index contributed by atoms with van der Waals surface area (Å²) in [6, 6.07) is 13.0. The Labute approximate surface area is 160 Å². The quantitative estimate of drug-likeness (QED) is 0.545. The molecule has 0 aliphatic rings. The molecule has 0 fully saturated rings. The number of carbonyl (C=O) groups is 1. The smallest absolute Gasteiger partial charge is 0.255 e. The van der Waals surface area contributed by atoms with Crippen molar-refractivity contribution in [3.63, 3.8) is 0 Å². The SMILES string of the molecule is CCc1nc(-c2ccc(NC(=O)c3ccc(SC)cc3)cc2Cl)cs1. The van der Waals surface area contributed by atoms with Crippen LogP contribution in [-0.2, 0) is 6.42 Å². The molecule has 0 spiro atoms. The van der Waals surface area contributed by atoms with Crippen molar-refractivity contribution in [1.29, 1.82) is 0 Å². The zero-order valence-electron chi connectivity index (χ0n) is 13.9. The highest BCUT2D eigenvalue weighted by Gasteiger charge is 2.11. The van der Waals surface area contributed by atoms with Crippen molar-refractivity contribution in [2.24, 2.45) is 0 Å². The number of carbonyl (C=O) groups excluding carboxylic acids is 1. The maximum absolute atomic E-state index is 12.4. The molecule has 0 aliphatic carbocycles. The van der Waals surface area contributed by atoms with Crippen molar-refractivity contribution in [2.75, 3.05) is 11.6 Å². The average molecular weight is 389 g/mol. The minimum atomic E-state index is -0.154. The van der Waals surface area contributed by atoms with Gasteiger partial charge in [-0.25, -0.2) is 4.98 Å². The number of anilines is 1. The van der Waals surface area contributed by atoms with Crippen LogP contribution in [0.5, 0.6) is 0 Å². The molecule has 128 valence electrons. The number of rotatable bonds is 5. The van der Waals surface area contributed by atoms with Crippen LogP contribution in [0, 0.1) is 0 Å². The first-order valence-electron chi connectivity index (χ1n) is 7.80. The molecule has 3 rings (SSSR count). The van der Waals surface area contributed by atoms with Crippen molar-refractivity contribution in [2.45, 2.75) is 18.2 Å². The number of thiazole rings is 1. The van der Waals surface area contributed by atoms with Crippen molar-refractivity contribution in [1.82, 2.24) is 4.98 Å². The molecule has 1 N–H and O–H groups in total. The largest absolute Gasteiger partial charge is 0.322 e. The number of thioether (sulfide) groups is 1. The first kappa shape index (κ1) is 18.0. The number of amides is 1. The summed E-state index contributed by atoms with van der Waals surface area (Å²) < 4.78 is 0. The Morgan fingerprint density at radius 2 is 2.00 bits per heavy atom. The third kappa shape index (κ3) is 4.24. The van der Waals surface area contributed by atoms with Gasteiger partial charge in [0.25, 0.3) is 5.91 Å². The number of aromatic nitrogens is 1. The van der Waals surface area contributed by atoms with Gasteiger partial charge < -0.3 is 5.32 Å². The summed E-state index contributed by atoms with van der Waals surface area (Å²) in [5.74, 6) is -0.154. The lowest BCUT2D eigenvalue weighted by Crippen LogP contribution is -2.11. The highest BCUT2D eigenvalue weighted by atomic mass is 35.5. The Morgan fingerprint density at radius 3 is 2.60 bits per heavy atom. The molecule has 3 aromatic rings. The molecule has 0 aliphatic heterocycles. The lowest BCUT2D eigenvalue weighted by molar-refractivity contribution is 0.102. The molecule has 1 amide bonds. The molecule has 25 heavy (non-hydrogen) atoms. The van der Waals surface area contributed by atoms with Gasteiger partial charge in [-0.05, 0) is 55.1 Å². The monoisotopic (exact) mass is 388 g/mol. The maximum atomic E-state index is 12.4. The first-order valence-corrected chi connectivity index (χ1v) is 10.3. The summed E-state index contributed by atoms with van der Waals surface area (Å²) in [5, 5.41) is 6.54. The predicted octanol–water partition coefficient (Wildman–Crippen LogP) is 6.00. The van der Waals surface area contributed by atoms with Gasteiger partial charge in [0.05, 0.1) is 15.7 Å². The molecule has 0 atom stereocenters. The van der Waals surface area contributed by atoms with E-state index in [2.05, 4.69) is 17.2 Å². The standard InChI is InChI=1S/C19H17ClN2OS2/c1-3-18-22-17(11-25-18)15-9-6-13(10-16(15)20)21-19(23)12-4-7-14(24-2)8-5-12/h4-11H,3H2,1-2H3,(H,21,23). The van der Waals surface area contributed by atoms with E-state index in [1.165, 1.54) is 0 Å². The third-order valence-electron chi connectivity index (χ3n) is 3.71. The molecule has 0 saturated carbocycles. The van der Waals surface area contributed by atoms with Crippen LogP contribution in [0.1, 0.15) is 22.3 Å². The molecule has 0 saturated heterocycles. The van der Waals surface area contributed by atoms with Crippen LogP contribution in [-0.4, -0.2) is 17.1 Å². The van der Waals surface area contributed by atoms with E-state index in [0.29, 0.717) is 16.3 Å². The van der Waals surface area contributed by atoms with E-state index in [-0.39, 0.29) is 5.91 Å². The third-order valence-corrected chi connectivity index (χ3v) is 5.76. The van der Waals surface area contributed by atoms with E-state index in [9.17, 15) is 4.79 Å². The van der Waals surface area contributed by atoms with E-state index in [4.69, 9.17) is 11.6 Å². The van der Waals surface area contributed by atoms with Crippen molar-refractivity contribution >= 4 is 46.3 Å². The number of hydrogen-bond donors (Lipinski definition) is 1. The Morgan fingerprint density at radius 1 is 1.24 bits per heavy atom. The second-order valence-corrected chi connectivity index (χ2v) is 7.59. The summed E-state index contributed by atoms with van der Waals surface area (Å²) in [6.07, 6.45) is 2.91. The lowest BCUT2D eigenvalue weighted by atomic mass is 10.1. The molecule has 0 bridgehead atoms. The molecule has 3 nitrogen and oxygen atoms in total. The van der Waals surface area contributed by atoms with Crippen LogP contribution in [0.15, 0.2) is 52.7 Å². The number of halogens is 1. The summed E-state index contributed by atoms with van der Waals surface area (Å²) in [6.45, 7) is 2.08. The molecule has 6 heteroatoms. The highest BCUT2D eigenvalue weighted by Crippen LogP contribution is 2.31. The summed E-state index contributed by atoms with van der Waals surface area (Å²) in [4.78, 5) is 18.0. The maximum Gasteiger partial charge on any atom is 0.255 e. The van der Waals surface area contributed by atoms with Crippen LogP contribution in [0.2, 0.25) is 5.02 Å². The number of benzene rings is 2. The topological polar surface area (TPSA) is 42.0 Å². The van der Waals surface area contributed by atoms with Gasteiger partial charge in [-0.1, -0.05) is 18.5 Å². The average Bonchev–Trinajstić information content (AvgIpc) is 3.10. The fourth-order valence-corrected chi connectivity index (χ4v) is 3.77. The number of aryl methyl sites for hydroxylation is 1. The summed E-state index contributed by atoms with van der Waals surface area (Å²) in [7, 11) is 0. The molecule has 1 heterocycles. The van der Waals surface area contributed by atoms with E-state index in [0.717, 1.165) is 27.6 Å². The van der Waals surface area contributed by atoms with Gasteiger partial charge in [-0.15, -0.1) is 23.1 Å². The second kappa shape index (κ2) is 8.04. The summed E-state index contributed by atoms with van der Waals surface area (Å²) in [5.41, 5.74) is 3.03. The molecule has 0 radical (unpaired) electrons. The number of nitrogens with zero attached hydrogens (tertiary/aromatic N) is 1. The van der Waals surface area contributed by atoms with E-state index in [1.807, 2.05) is 48.0 Å². The van der Waals surface area contributed by atoms with Crippen LogP contribution in [0.3, 0.4) is 0 Å². The zero-order valence-corrected chi connectivity index (χ0v) is 16.3. The lowest BCUT2D eigenvalue weighted by Gasteiger charge is -2.08. The number of nitrogens with one attached hydrogen (secondary N) is 1. The van der Waals surface area contributed by atoms with Gasteiger partial charge in [-0.2, -0.15) is 0 Å². The normalized spacial score (nSPS) is 10.7. The fraction of sp³-hybridized carbons (Fsp3) is 0.158. The van der Waals surface area contributed by atoms with Gasteiger partial charge >= 0.3 is 0 Å². The Hall–Kier alpha value is -1.82. The highest BCUT2D eigenvalue weighted by molar-refractivity contribution is 7.98. The Bertz CT molecular complexity index is 891. The van der Waals surface area contributed by atoms with Crippen molar-refractivity contribution in [3.8, 4) is 11.3 Å². The van der Waals surface area contributed by atoms with Crippen molar-refractivity contribution in [3.05, 3.63) is 63.4 Å². The Balaban J connectivity index is 1.76. The van der Waals surface area contributed by atoms with Crippen LogP contribution >= 0.6 is 34.7 Å². The Kier molecular flexibility index (Phi) is 5.78. The first-order chi connectivity index (χ1) is 12.1. The van der Waals surface area contributed by atoms with Gasteiger partial charge in [0.1, 0.15) is 0 Å². The molecule has 2 aromatic carbocycles. The molecular formula is C19H17ClN2OS2. The van der Waals surface area contributed by atoms with Gasteiger partial charge in [0, 0.05) is 27.1 Å². The fourth-order valence-electron chi connectivity index (χ4n) is 2.34. The predicted molar refractivity (Wildman–Crippen MR) is 108 cm³/mol. The van der Waals surface area contributed by atoms with Crippen molar-refractivity contribution < 1.29 is 4.79 Å². The van der Waals surface area contributed by atoms with Gasteiger partial charge in [-0.3, -0.25) is 4.79 Å².